The van der Waals surface area contributed by atoms with E-state index in [1.165, 1.54) is 5.69 Å². The van der Waals surface area contributed by atoms with Crippen LogP contribution in [-0.4, -0.2) is 21.3 Å². The Labute approximate surface area is 114 Å². The molecule has 0 unspecified atom stereocenters. The van der Waals surface area contributed by atoms with Crippen molar-refractivity contribution in [2.45, 2.75) is 39.7 Å². The van der Waals surface area contributed by atoms with Crippen LogP contribution in [0.4, 0.5) is 5.69 Å². The molecular formula is C15H22N4. The predicted octanol–water partition coefficient (Wildman–Crippen LogP) is 3.21. The fraction of sp³-hybridized carbons (Fsp3) is 0.467. The van der Waals surface area contributed by atoms with Crippen molar-refractivity contribution < 1.29 is 0 Å². The van der Waals surface area contributed by atoms with Gasteiger partial charge in [-0.25, -0.2) is 0 Å². The Hall–Kier alpha value is -1.84. The van der Waals surface area contributed by atoms with Crippen LogP contribution in [0, 0.1) is 6.92 Å². The van der Waals surface area contributed by atoms with Gasteiger partial charge in [0, 0.05) is 24.7 Å². The van der Waals surface area contributed by atoms with Gasteiger partial charge >= 0.3 is 0 Å². The second-order valence-corrected chi connectivity index (χ2v) is 5.02. The summed E-state index contributed by atoms with van der Waals surface area (Å²) in [5.41, 5.74) is 1.17. The van der Waals surface area contributed by atoms with E-state index in [1.54, 1.807) is 0 Å². The third-order valence-electron chi connectivity index (χ3n) is 3.13. The van der Waals surface area contributed by atoms with Gasteiger partial charge < -0.3 is 9.88 Å². The van der Waals surface area contributed by atoms with E-state index in [0.29, 0.717) is 6.04 Å². The Balaban J connectivity index is 1.83. The summed E-state index contributed by atoms with van der Waals surface area (Å²) >= 11 is 0. The molecule has 0 saturated heterocycles. The molecule has 1 N–H and O–H groups in total. The van der Waals surface area contributed by atoms with Crippen molar-refractivity contribution in [3.63, 3.8) is 0 Å². The highest BCUT2D eigenvalue weighted by Gasteiger charge is 2.10. The first-order valence-corrected chi connectivity index (χ1v) is 6.88. The van der Waals surface area contributed by atoms with Crippen LogP contribution >= 0.6 is 0 Å². The topological polar surface area (TPSA) is 42.7 Å². The Bertz CT molecular complexity index is 502. The first-order valence-electron chi connectivity index (χ1n) is 6.88. The molecule has 4 heteroatoms. The number of anilines is 1. The lowest BCUT2D eigenvalue weighted by Crippen LogP contribution is -2.10. The van der Waals surface area contributed by atoms with Gasteiger partial charge in [-0.2, -0.15) is 0 Å². The zero-order valence-corrected chi connectivity index (χ0v) is 11.9. The minimum absolute atomic E-state index is 0.423. The molecule has 0 aliphatic rings. The third kappa shape index (κ3) is 3.56. The molecular weight excluding hydrogens is 236 g/mol. The van der Waals surface area contributed by atoms with Crippen LogP contribution in [0.3, 0.4) is 0 Å². The number of rotatable bonds is 6. The van der Waals surface area contributed by atoms with Crippen molar-refractivity contribution in [1.29, 1.82) is 0 Å². The molecule has 4 nitrogen and oxygen atoms in total. The molecule has 1 heterocycles. The molecule has 0 aliphatic carbocycles. The molecule has 0 amide bonds. The summed E-state index contributed by atoms with van der Waals surface area (Å²) in [4.78, 5) is 0. The quantitative estimate of drug-likeness (QED) is 0.809. The zero-order chi connectivity index (χ0) is 13.7. The van der Waals surface area contributed by atoms with Gasteiger partial charge in [0.1, 0.15) is 11.6 Å². The second-order valence-electron chi connectivity index (χ2n) is 5.02. The van der Waals surface area contributed by atoms with E-state index in [2.05, 4.69) is 46.1 Å². The van der Waals surface area contributed by atoms with Gasteiger partial charge in [-0.1, -0.05) is 18.2 Å². The number of hydrogen-bond acceptors (Lipinski definition) is 3. The molecule has 0 fully saturated rings. The van der Waals surface area contributed by atoms with E-state index < -0.39 is 0 Å². The summed E-state index contributed by atoms with van der Waals surface area (Å²) in [6.45, 7) is 7.30. The summed E-state index contributed by atoms with van der Waals surface area (Å²) in [5.74, 6) is 2.09. The van der Waals surface area contributed by atoms with Gasteiger partial charge in [0.25, 0.3) is 0 Å². The maximum atomic E-state index is 4.27. The van der Waals surface area contributed by atoms with Crippen molar-refractivity contribution in [2.24, 2.45) is 0 Å². The van der Waals surface area contributed by atoms with Crippen LogP contribution in [0.5, 0.6) is 0 Å². The molecule has 1 aromatic heterocycles. The molecule has 2 aromatic rings. The smallest absolute Gasteiger partial charge is 0.133 e. The van der Waals surface area contributed by atoms with Crippen LogP contribution in [0.15, 0.2) is 30.3 Å². The largest absolute Gasteiger partial charge is 0.385 e. The van der Waals surface area contributed by atoms with Gasteiger partial charge in [-0.05, 0) is 39.3 Å². The number of benzene rings is 1. The zero-order valence-electron chi connectivity index (χ0n) is 11.9. The Kier molecular flexibility index (Phi) is 4.55. The number of aromatic nitrogens is 3. The van der Waals surface area contributed by atoms with E-state index in [9.17, 15) is 0 Å². The highest BCUT2D eigenvalue weighted by Crippen LogP contribution is 2.12. The minimum atomic E-state index is 0.423. The summed E-state index contributed by atoms with van der Waals surface area (Å²) in [5, 5.41) is 11.8. The molecule has 0 spiro atoms. The summed E-state index contributed by atoms with van der Waals surface area (Å²) < 4.78 is 2.21. The van der Waals surface area contributed by atoms with Crippen LogP contribution in [0.1, 0.15) is 38.0 Å². The van der Waals surface area contributed by atoms with E-state index >= 15 is 0 Å². The van der Waals surface area contributed by atoms with Crippen LogP contribution < -0.4 is 5.32 Å². The summed E-state index contributed by atoms with van der Waals surface area (Å²) in [6.07, 6.45) is 2.01. The minimum Gasteiger partial charge on any atom is -0.385 e. The summed E-state index contributed by atoms with van der Waals surface area (Å²) in [7, 11) is 0. The molecule has 19 heavy (non-hydrogen) atoms. The monoisotopic (exact) mass is 258 g/mol. The van der Waals surface area contributed by atoms with Gasteiger partial charge in [-0.15, -0.1) is 10.2 Å². The maximum Gasteiger partial charge on any atom is 0.133 e. The average molecular weight is 258 g/mol. The molecule has 102 valence electrons. The fourth-order valence-electron chi connectivity index (χ4n) is 2.29. The van der Waals surface area contributed by atoms with Crippen LogP contribution in [0.2, 0.25) is 0 Å². The van der Waals surface area contributed by atoms with Gasteiger partial charge in [0.05, 0.1) is 0 Å². The van der Waals surface area contributed by atoms with E-state index in [1.807, 2.05) is 25.1 Å². The van der Waals surface area contributed by atoms with E-state index in [4.69, 9.17) is 0 Å². The van der Waals surface area contributed by atoms with Crippen molar-refractivity contribution in [2.75, 3.05) is 11.9 Å². The number of aryl methyl sites for hydroxylation is 2. The molecule has 0 radical (unpaired) electrons. The molecule has 0 aliphatic heterocycles. The highest BCUT2D eigenvalue weighted by molar-refractivity contribution is 5.42. The summed E-state index contributed by atoms with van der Waals surface area (Å²) in [6, 6.07) is 10.7. The first-order chi connectivity index (χ1) is 9.18. The lowest BCUT2D eigenvalue weighted by Gasteiger charge is -2.12. The first kappa shape index (κ1) is 13.6. The molecule has 2 rings (SSSR count). The van der Waals surface area contributed by atoms with Crippen LogP contribution in [0.25, 0.3) is 0 Å². The number of nitrogens with zero attached hydrogens (tertiary/aromatic N) is 3. The standard InChI is InChI=1S/C15H22N4/c1-12(2)19-13(3)17-18-15(19)10-7-11-16-14-8-5-4-6-9-14/h4-6,8-9,12,16H,7,10-11H2,1-3H3. The number of nitrogens with one attached hydrogen (secondary N) is 1. The second kappa shape index (κ2) is 6.36. The lowest BCUT2D eigenvalue weighted by molar-refractivity contribution is 0.549. The third-order valence-corrected chi connectivity index (χ3v) is 3.13. The predicted molar refractivity (Wildman–Crippen MR) is 78.4 cm³/mol. The molecule has 0 bridgehead atoms. The SMILES string of the molecule is Cc1nnc(CCCNc2ccccc2)n1C(C)C. The molecule has 1 aromatic carbocycles. The lowest BCUT2D eigenvalue weighted by atomic mass is 10.2. The van der Waals surface area contributed by atoms with Crippen molar-refractivity contribution in [3.8, 4) is 0 Å². The van der Waals surface area contributed by atoms with Gasteiger partial charge in [0.2, 0.25) is 0 Å². The maximum absolute atomic E-state index is 4.27. The Morgan fingerprint density at radius 2 is 1.89 bits per heavy atom. The number of hydrogen-bond donors (Lipinski definition) is 1. The Morgan fingerprint density at radius 3 is 2.58 bits per heavy atom. The van der Waals surface area contributed by atoms with Crippen LogP contribution in [-0.2, 0) is 6.42 Å². The van der Waals surface area contributed by atoms with Gasteiger partial charge in [0.15, 0.2) is 0 Å². The van der Waals surface area contributed by atoms with Crippen molar-refractivity contribution in [3.05, 3.63) is 42.0 Å². The van der Waals surface area contributed by atoms with E-state index in [0.717, 1.165) is 31.0 Å². The molecule has 0 saturated carbocycles. The van der Waals surface area contributed by atoms with E-state index in [-0.39, 0.29) is 0 Å². The average Bonchev–Trinajstić information content (AvgIpc) is 2.77. The molecule has 0 atom stereocenters. The highest BCUT2D eigenvalue weighted by atomic mass is 15.3. The van der Waals surface area contributed by atoms with Crippen molar-refractivity contribution >= 4 is 5.69 Å². The van der Waals surface area contributed by atoms with Gasteiger partial charge in [-0.3, -0.25) is 0 Å². The number of para-hydroxylation sites is 1. The Morgan fingerprint density at radius 1 is 1.16 bits per heavy atom. The fourth-order valence-corrected chi connectivity index (χ4v) is 2.29. The normalized spacial score (nSPS) is 10.9. The van der Waals surface area contributed by atoms with Crippen molar-refractivity contribution in [1.82, 2.24) is 14.8 Å².